The van der Waals surface area contributed by atoms with Crippen molar-refractivity contribution in [3.05, 3.63) is 42.1 Å². The highest BCUT2D eigenvalue weighted by atomic mass is 16.3. The van der Waals surface area contributed by atoms with Crippen LogP contribution in [0.1, 0.15) is 24.8 Å². The fourth-order valence-corrected chi connectivity index (χ4v) is 2.79. The molecule has 1 saturated carbocycles. The maximum absolute atomic E-state index is 9.84. The summed E-state index contributed by atoms with van der Waals surface area (Å²) in [4.78, 5) is 4.47. The maximum atomic E-state index is 9.84. The van der Waals surface area contributed by atoms with E-state index in [9.17, 15) is 5.11 Å². The first-order valence-corrected chi connectivity index (χ1v) is 6.35. The zero-order chi connectivity index (χ0) is 11.7. The molecule has 1 aliphatic carbocycles. The van der Waals surface area contributed by atoms with Crippen molar-refractivity contribution in [3.63, 3.8) is 0 Å². The molecule has 0 saturated heterocycles. The second-order valence-corrected chi connectivity index (χ2v) is 5.00. The van der Waals surface area contributed by atoms with Crippen LogP contribution >= 0.6 is 0 Å². The fraction of sp³-hybridized carbons (Fsp3) is 0.400. The number of benzene rings is 1. The van der Waals surface area contributed by atoms with Crippen LogP contribution in [0.25, 0.3) is 10.9 Å². The predicted molar refractivity (Wildman–Crippen MR) is 68.8 cm³/mol. The largest absolute Gasteiger partial charge is 0.393 e. The lowest BCUT2D eigenvalue weighted by Gasteiger charge is -2.14. The number of aliphatic hydroxyl groups excluding tert-OH is 1. The average Bonchev–Trinajstić information content (AvgIpc) is 2.75. The minimum absolute atomic E-state index is 0.110. The number of aromatic nitrogens is 1. The van der Waals surface area contributed by atoms with Crippen molar-refractivity contribution in [2.24, 2.45) is 5.92 Å². The van der Waals surface area contributed by atoms with Gasteiger partial charge in [-0.1, -0.05) is 24.6 Å². The quantitative estimate of drug-likeness (QED) is 0.855. The molecule has 1 heterocycles. The Hall–Kier alpha value is -1.41. The molecule has 3 rings (SSSR count). The summed E-state index contributed by atoms with van der Waals surface area (Å²) in [5.41, 5.74) is 2.29. The van der Waals surface area contributed by atoms with E-state index in [1.165, 1.54) is 10.9 Å². The summed E-state index contributed by atoms with van der Waals surface area (Å²) in [6.07, 6.45) is 6.07. The van der Waals surface area contributed by atoms with Gasteiger partial charge in [0, 0.05) is 11.6 Å². The SMILES string of the molecule is OC1CCCC1Cc1cnc2ccccc2c1. The highest BCUT2D eigenvalue weighted by Crippen LogP contribution is 2.29. The third-order valence-electron chi connectivity index (χ3n) is 3.76. The number of hydrogen-bond donors (Lipinski definition) is 1. The van der Waals surface area contributed by atoms with Crippen LogP contribution in [-0.2, 0) is 6.42 Å². The van der Waals surface area contributed by atoms with Crippen LogP contribution in [0.4, 0.5) is 0 Å². The number of fused-ring (bicyclic) bond motifs is 1. The van der Waals surface area contributed by atoms with Crippen LogP contribution in [0, 0.1) is 5.92 Å². The molecule has 1 N–H and O–H groups in total. The van der Waals surface area contributed by atoms with Crippen molar-refractivity contribution in [1.82, 2.24) is 4.98 Å². The molecule has 1 fully saturated rings. The number of hydrogen-bond acceptors (Lipinski definition) is 2. The van der Waals surface area contributed by atoms with Gasteiger partial charge in [0.05, 0.1) is 11.6 Å². The molecule has 2 atom stereocenters. The van der Waals surface area contributed by atoms with E-state index < -0.39 is 0 Å². The van der Waals surface area contributed by atoms with Crippen LogP contribution in [0.5, 0.6) is 0 Å². The van der Waals surface area contributed by atoms with Gasteiger partial charge in [-0.3, -0.25) is 4.98 Å². The van der Waals surface area contributed by atoms with E-state index in [0.29, 0.717) is 5.92 Å². The van der Waals surface area contributed by atoms with Gasteiger partial charge in [0.15, 0.2) is 0 Å². The summed E-state index contributed by atoms with van der Waals surface area (Å²) in [6, 6.07) is 10.4. The van der Waals surface area contributed by atoms with E-state index in [-0.39, 0.29) is 6.10 Å². The van der Waals surface area contributed by atoms with Gasteiger partial charge in [0.2, 0.25) is 0 Å². The van der Waals surface area contributed by atoms with E-state index in [1.807, 2.05) is 24.4 Å². The Morgan fingerprint density at radius 1 is 1.24 bits per heavy atom. The van der Waals surface area contributed by atoms with E-state index in [1.54, 1.807) is 0 Å². The predicted octanol–water partition coefficient (Wildman–Crippen LogP) is 2.94. The molecule has 1 aromatic heterocycles. The normalized spacial score (nSPS) is 24.3. The molecule has 2 heteroatoms. The third kappa shape index (κ3) is 2.18. The molecular weight excluding hydrogens is 210 g/mol. The van der Waals surface area contributed by atoms with Gasteiger partial charge in [-0.2, -0.15) is 0 Å². The van der Waals surface area contributed by atoms with Crippen molar-refractivity contribution in [1.29, 1.82) is 0 Å². The maximum Gasteiger partial charge on any atom is 0.0702 e. The van der Waals surface area contributed by atoms with Crippen molar-refractivity contribution >= 4 is 10.9 Å². The first-order chi connectivity index (χ1) is 8.33. The molecule has 2 aromatic rings. The zero-order valence-corrected chi connectivity index (χ0v) is 9.84. The Kier molecular flexibility index (Phi) is 2.81. The number of nitrogens with zero attached hydrogens (tertiary/aromatic N) is 1. The highest BCUT2D eigenvalue weighted by Gasteiger charge is 2.25. The van der Waals surface area contributed by atoms with Gasteiger partial charge < -0.3 is 5.11 Å². The van der Waals surface area contributed by atoms with Gasteiger partial charge in [0.1, 0.15) is 0 Å². The van der Waals surface area contributed by atoms with Crippen LogP contribution in [0.3, 0.4) is 0 Å². The first-order valence-electron chi connectivity index (χ1n) is 6.35. The molecule has 0 bridgehead atoms. The standard InChI is InChI=1S/C15H17NO/c17-15-7-3-5-13(15)9-11-8-12-4-1-2-6-14(12)16-10-11/h1-2,4,6,8,10,13,15,17H,3,5,7,9H2. The smallest absolute Gasteiger partial charge is 0.0702 e. The van der Waals surface area contributed by atoms with Crippen LogP contribution in [-0.4, -0.2) is 16.2 Å². The van der Waals surface area contributed by atoms with Gasteiger partial charge >= 0.3 is 0 Å². The second-order valence-electron chi connectivity index (χ2n) is 5.00. The lowest BCUT2D eigenvalue weighted by molar-refractivity contribution is 0.132. The summed E-state index contributed by atoms with van der Waals surface area (Å²) in [5, 5.41) is 11.0. The van der Waals surface area contributed by atoms with E-state index in [2.05, 4.69) is 17.1 Å². The van der Waals surface area contributed by atoms with Crippen LogP contribution < -0.4 is 0 Å². The van der Waals surface area contributed by atoms with Crippen LogP contribution in [0.15, 0.2) is 36.5 Å². The van der Waals surface area contributed by atoms with Crippen molar-refractivity contribution in [2.45, 2.75) is 31.8 Å². The summed E-state index contributed by atoms with van der Waals surface area (Å²) >= 11 is 0. The van der Waals surface area contributed by atoms with E-state index in [0.717, 1.165) is 31.2 Å². The minimum atomic E-state index is -0.110. The van der Waals surface area contributed by atoms with Gasteiger partial charge in [-0.25, -0.2) is 0 Å². The molecule has 1 aromatic carbocycles. The van der Waals surface area contributed by atoms with Crippen molar-refractivity contribution in [2.75, 3.05) is 0 Å². The van der Waals surface area contributed by atoms with Crippen molar-refractivity contribution in [3.8, 4) is 0 Å². The molecular formula is C15H17NO. The van der Waals surface area contributed by atoms with Gasteiger partial charge in [-0.05, 0) is 42.9 Å². The number of pyridine rings is 1. The first kappa shape index (κ1) is 10.7. The Balaban J connectivity index is 1.85. The highest BCUT2D eigenvalue weighted by molar-refractivity contribution is 5.78. The lowest BCUT2D eigenvalue weighted by Crippen LogP contribution is -2.15. The molecule has 0 aliphatic heterocycles. The Morgan fingerprint density at radius 3 is 2.94 bits per heavy atom. The third-order valence-corrected chi connectivity index (χ3v) is 3.76. The van der Waals surface area contributed by atoms with Crippen LogP contribution in [0.2, 0.25) is 0 Å². The molecule has 0 radical (unpaired) electrons. The topological polar surface area (TPSA) is 33.1 Å². The second kappa shape index (κ2) is 4.46. The summed E-state index contributed by atoms with van der Waals surface area (Å²) in [7, 11) is 0. The summed E-state index contributed by atoms with van der Waals surface area (Å²) < 4.78 is 0. The minimum Gasteiger partial charge on any atom is -0.393 e. The molecule has 1 aliphatic rings. The fourth-order valence-electron chi connectivity index (χ4n) is 2.79. The monoisotopic (exact) mass is 227 g/mol. The number of para-hydroxylation sites is 1. The average molecular weight is 227 g/mol. The lowest BCUT2D eigenvalue weighted by atomic mass is 9.96. The Labute approximate surface area is 101 Å². The zero-order valence-electron chi connectivity index (χ0n) is 9.84. The number of aliphatic hydroxyl groups is 1. The molecule has 2 nitrogen and oxygen atoms in total. The van der Waals surface area contributed by atoms with Crippen molar-refractivity contribution < 1.29 is 5.11 Å². The van der Waals surface area contributed by atoms with Gasteiger partial charge in [0.25, 0.3) is 0 Å². The molecule has 2 unspecified atom stereocenters. The molecule has 0 amide bonds. The molecule has 17 heavy (non-hydrogen) atoms. The Bertz CT molecular complexity index is 523. The van der Waals surface area contributed by atoms with Gasteiger partial charge in [-0.15, -0.1) is 0 Å². The number of rotatable bonds is 2. The Morgan fingerprint density at radius 2 is 2.12 bits per heavy atom. The molecule has 88 valence electrons. The summed E-state index contributed by atoms with van der Waals surface area (Å²) in [5.74, 6) is 0.429. The van der Waals surface area contributed by atoms with E-state index >= 15 is 0 Å². The molecule has 0 spiro atoms. The summed E-state index contributed by atoms with van der Waals surface area (Å²) in [6.45, 7) is 0. The van der Waals surface area contributed by atoms with E-state index in [4.69, 9.17) is 0 Å².